The van der Waals surface area contributed by atoms with Gasteiger partial charge in [0.05, 0.1) is 16.5 Å². The van der Waals surface area contributed by atoms with Gasteiger partial charge in [-0.1, -0.05) is 48.4 Å². The van der Waals surface area contributed by atoms with Gasteiger partial charge in [-0.2, -0.15) is 0 Å². The van der Waals surface area contributed by atoms with E-state index in [9.17, 15) is 15.0 Å². The molecule has 0 saturated heterocycles. The molecular formula is C20H27BrO3. The number of carbonyl (C=O) groups is 1. The average Bonchev–Trinajstić information content (AvgIpc) is 2.74. The SMILES string of the molecule is C[C@@H]1C[C@H]2[C@@H]3CCC4=CC(=O)C=C[C@]4(C)[C@@]3(Br)[C@@H](O)C[C@]2(C)[C@@H]1O. The van der Waals surface area contributed by atoms with E-state index >= 15 is 0 Å². The van der Waals surface area contributed by atoms with Gasteiger partial charge in [0.2, 0.25) is 0 Å². The first kappa shape index (κ1) is 17.0. The molecule has 0 amide bonds. The first-order valence-electron chi connectivity index (χ1n) is 9.14. The zero-order valence-electron chi connectivity index (χ0n) is 14.6. The maximum atomic E-state index is 11.9. The lowest BCUT2D eigenvalue weighted by atomic mass is 9.47. The number of alkyl halides is 1. The molecule has 0 aliphatic heterocycles. The van der Waals surface area contributed by atoms with Crippen LogP contribution < -0.4 is 0 Å². The molecule has 0 spiro atoms. The Hall–Kier alpha value is -0.450. The van der Waals surface area contributed by atoms with Crippen LogP contribution in [0.5, 0.6) is 0 Å². The van der Waals surface area contributed by atoms with Gasteiger partial charge in [-0.05, 0) is 61.0 Å². The second-order valence-electron chi connectivity index (χ2n) is 9.01. The Morgan fingerprint density at radius 2 is 1.96 bits per heavy atom. The molecule has 4 aliphatic rings. The number of fused-ring (bicyclic) bond motifs is 5. The summed E-state index contributed by atoms with van der Waals surface area (Å²) in [6.07, 6.45) is 8.02. The van der Waals surface area contributed by atoms with E-state index in [0.29, 0.717) is 18.3 Å². The van der Waals surface area contributed by atoms with Crippen molar-refractivity contribution in [2.75, 3.05) is 0 Å². The summed E-state index contributed by atoms with van der Waals surface area (Å²) in [6.45, 7) is 6.45. The Morgan fingerprint density at radius 3 is 2.67 bits per heavy atom. The lowest BCUT2D eigenvalue weighted by Gasteiger charge is -2.63. The van der Waals surface area contributed by atoms with Gasteiger partial charge in [-0.25, -0.2) is 0 Å². The third kappa shape index (κ3) is 1.83. The number of aliphatic hydroxyl groups is 2. The van der Waals surface area contributed by atoms with E-state index in [4.69, 9.17) is 0 Å². The third-order valence-electron chi connectivity index (χ3n) is 7.92. The number of ketones is 1. The van der Waals surface area contributed by atoms with E-state index in [1.54, 1.807) is 12.2 Å². The molecule has 0 aromatic carbocycles. The van der Waals surface area contributed by atoms with E-state index in [1.807, 2.05) is 6.08 Å². The third-order valence-corrected chi connectivity index (χ3v) is 9.86. The fourth-order valence-electron chi connectivity index (χ4n) is 6.55. The van der Waals surface area contributed by atoms with Gasteiger partial charge >= 0.3 is 0 Å². The maximum Gasteiger partial charge on any atom is 0.178 e. The molecule has 3 saturated carbocycles. The van der Waals surface area contributed by atoms with Crippen LogP contribution in [0.3, 0.4) is 0 Å². The van der Waals surface area contributed by atoms with Crippen LogP contribution in [0, 0.1) is 28.6 Å². The number of carbonyl (C=O) groups excluding carboxylic acids is 1. The van der Waals surface area contributed by atoms with Crippen LogP contribution in [0.4, 0.5) is 0 Å². The van der Waals surface area contributed by atoms with Crippen LogP contribution in [-0.2, 0) is 4.79 Å². The number of hydrogen-bond donors (Lipinski definition) is 2. The number of aliphatic hydroxyl groups excluding tert-OH is 2. The van der Waals surface area contributed by atoms with Crippen LogP contribution in [0.15, 0.2) is 23.8 Å². The van der Waals surface area contributed by atoms with Gasteiger partial charge in [0.25, 0.3) is 0 Å². The van der Waals surface area contributed by atoms with Crippen molar-refractivity contribution in [3.05, 3.63) is 23.8 Å². The minimum absolute atomic E-state index is 0.0528. The summed E-state index contributed by atoms with van der Waals surface area (Å²) in [5.41, 5.74) is 0.575. The molecule has 0 heterocycles. The highest BCUT2D eigenvalue weighted by atomic mass is 79.9. The second-order valence-corrected chi connectivity index (χ2v) is 10.3. The summed E-state index contributed by atoms with van der Waals surface area (Å²) in [5, 5.41) is 22.0. The standard InChI is InChI=1S/C20H27BrO3/c1-11-8-15-14-5-4-12-9-13(22)6-7-19(12,3)20(14,21)16(23)10-18(15,2)17(11)24/h6-7,9,11,14-17,23-24H,4-5,8,10H2,1-3H3/t11-,14+,15+,16+,17-,18+,19+,20+/m1/s1. The van der Waals surface area contributed by atoms with Gasteiger partial charge in [0, 0.05) is 5.41 Å². The van der Waals surface area contributed by atoms with E-state index in [2.05, 4.69) is 36.7 Å². The van der Waals surface area contributed by atoms with Gasteiger partial charge in [0.15, 0.2) is 5.78 Å². The van der Waals surface area contributed by atoms with Crippen LogP contribution in [0.2, 0.25) is 0 Å². The molecule has 0 aromatic heterocycles. The van der Waals surface area contributed by atoms with Crippen LogP contribution in [0.1, 0.15) is 46.5 Å². The van der Waals surface area contributed by atoms with Crippen molar-refractivity contribution in [1.82, 2.24) is 0 Å². The number of halogens is 1. The van der Waals surface area contributed by atoms with Crippen LogP contribution >= 0.6 is 15.9 Å². The van der Waals surface area contributed by atoms with Crippen molar-refractivity contribution < 1.29 is 15.0 Å². The monoisotopic (exact) mass is 394 g/mol. The molecule has 24 heavy (non-hydrogen) atoms. The lowest BCUT2D eigenvalue weighted by Crippen LogP contribution is -2.66. The van der Waals surface area contributed by atoms with E-state index < -0.39 is 10.4 Å². The van der Waals surface area contributed by atoms with Gasteiger partial charge in [-0.15, -0.1) is 0 Å². The Labute approximate surface area is 152 Å². The Morgan fingerprint density at radius 1 is 1.25 bits per heavy atom. The smallest absolute Gasteiger partial charge is 0.178 e. The second kappa shape index (κ2) is 5.05. The lowest BCUT2D eigenvalue weighted by molar-refractivity contribution is -0.115. The summed E-state index contributed by atoms with van der Waals surface area (Å²) in [4.78, 5) is 11.9. The minimum Gasteiger partial charge on any atom is -0.392 e. The molecule has 3 fully saturated rings. The number of rotatable bonds is 0. The Bertz CT molecular complexity index is 655. The maximum absolute atomic E-state index is 11.9. The van der Waals surface area contributed by atoms with Crippen molar-refractivity contribution in [3.63, 3.8) is 0 Å². The predicted octanol–water partition coefficient (Wildman–Crippen LogP) is 3.39. The summed E-state index contributed by atoms with van der Waals surface area (Å²) < 4.78 is -0.463. The van der Waals surface area contributed by atoms with E-state index in [-0.39, 0.29) is 28.6 Å². The van der Waals surface area contributed by atoms with Crippen molar-refractivity contribution >= 4 is 21.7 Å². The predicted molar refractivity (Wildman–Crippen MR) is 96.7 cm³/mol. The molecule has 0 aromatic rings. The molecular weight excluding hydrogens is 368 g/mol. The highest BCUT2D eigenvalue weighted by Crippen LogP contribution is 2.69. The quantitative estimate of drug-likeness (QED) is 0.619. The van der Waals surface area contributed by atoms with Gasteiger partial charge in [-0.3, -0.25) is 4.79 Å². The Kier molecular flexibility index (Phi) is 3.57. The van der Waals surface area contributed by atoms with Crippen molar-refractivity contribution in [1.29, 1.82) is 0 Å². The molecule has 0 unspecified atom stereocenters. The first-order chi connectivity index (χ1) is 11.1. The topological polar surface area (TPSA) is 57.5 Å². The fourth-order valence-corrected chi connectivity index (χ4v) is 7.65. The average molecular weight is 395 g/mol. The molecule has 132 valence electrons. The molecule has 8 atom stereocenters. The molecule has 0 bridgehead atoms. The first-order valence-corrected chi connectivity index (χ1v) is 9.93. The Balaban J connectivity index is 1.83. The zero-order valence-corrected chi connectivity index (χ0v) is 16.2. The number of hydrogen-bond acceptors (Lipinski definition) is 3. The van der Waals surface area contributed by atoms with Crippen LogP contribution in [0.25, 0.3) is 0 Å². The molecule has 3 nitrogen and oxygen atoms in total. The zero-order chi connectivity index (χ0) is 17.5. The van der Waals surface area contributed by atoms with Crippen LogP contribution in [-0.4, -0.2) is 32.5 Å². The van der Waals surface area contributed by atoms with Crippen molar-refractivity contribution in [2.24, 2.45) is 28.6 Å². The minimum atomic E-state index is -0.546. The molecule has 4 rings (SSSR count). The molecule has 4 heteroatoms. The van der Waals surface area contributed by atoms with Gasteiger partial charge < -0.3 is 10.2 Å². The van der Waals surface area contributed by atoms with E-state index in [0.717, 1.165) is 24.8 Å². The summed E-state index contributed by atoms with van der Waals surface area (Å²) in [5.74, 6) is 1.02. The van der Waals surface area contributed by atoms with Gasteiger partial charge in [0.1, 0.15) is 0 Å². The summed E-state index contributed by atoms with van der Waals surface area (Å²) in [7, 11) is 0. The van der Waals surface area contributed by atoms with Crippen molar-refractivity contribution in [2.45, 2.75) is 63.0 Å². The molecule has 0 radical (unpaired) electrons. The summed E-state index contributed by atoms with van der Waals surface area (Å²) >= 11 is 4.02. The van der Waals surface area contributed by atoms with Crippen molar-refractivity contribution in [3.8, 4) is 0 Å². The molecule has 4 aliphatic carbocycles. The summed E-state index contributed by atoms with van der Waals surface area (Å²) in [6, 6.07) is 0. The fraction of sp³-hybridized carbons (Fsp3) is 0.750. The normalized spacial score (nSPS) is 56.3. The highest BCUT2D eigenvalue weighted by Gasteiger charge is 2.69. The van der Waals surface area contributed by atoms with E-state index in [1.165, 1.54) is 0 Å². The molecule has 2 N–H and O–H groups in total. The highest BCUT2D eigenvalue weighted by molar-refractivity contribution is 9.10. The largest absolute Gasteiger partial charge is 0.392 e. The number of allylic oxidation sites excluding steroid dienone is 4.